The van der Waals surface area contributed by atoms with E-state index in [1.165, 1.54) is 49.8 Å². The molecule has 1 aliphatic heterocycles. The number of fused-ring (bicyclic) bond motifs is 1. The van der Waals surface area contributed by atoms with Gasteiger partial charge in [-0.05, 0) is 43.6 Å². The van der Waals surface area contributed by atoms with Crippen LogP contribution < -0.4 is 5.32 Å². The first-order valence-electron chi connectivity index (χ1n) is 7.69. The van der Waals surface area contributed by atoms with Crippen molar-refractivity contribution in [3.8, 4) is 0 Å². The van der Waals surface area contributed by atoms with Crippen LogP contribution >= 0.6 is 0 Å². The fraction of sp³-hybridized carbons (Fsp3) is 0.471. The lowest BCUT2D eigenvalue weighted by Crippen LogP contribution is -2.35. The van der Waals surface area contributed by atoms with Crippen LogP contribution in [0.2, 0.25) is 0 Å². The summed E-state index contributed by atoms with van der Waals surface area (Å²) in [6.07, 6.45) is 6.06. The molecular formula is C17H23N3. The highest BCUT2D eigenvalue weighted by molar-refractivity contribution is 5.81. The lowest BCUT2D eigenvalue weighted by Gasteiger charge is -2.26. The molecule has 1 aromatic carbocycles. The summed E-state index contributed by atoms with van der Waals surface area (Å²) in [5.74, 6) is 0. The van der Waals surface area contributed by atoms with Gasteiger partial charge in [-0.25, -0.2) is 0 Å². The zero-order valence-corrected chi connectivity index (χ0v) is 12.0. The van der Waals surface area contributed by atoms with Gasteiger partial charge in [0.1, 0.15) is 0 Å². The van der Waals surface area contributed by atoms with Crippen molar-refractivity contribution in [1.82, 2.24) is 15.2 Å². The SMILES string of the molecule is c1ccc2c(CNCCN3CCCCC3)ccnc2c1. The fourth-order valence-electron chi connectivity index (χ4n) is 2.95. The maximum absolute atomic E-state index is 4.41. The third-order valence-corrected chi connectivity index (χ3v) is 4.11. The molecule has 0 saturated carbocycles. The first-order chi connectivity index (χ1) is 9.93. The van der Waals surface area contributed by atoms with E-state index in [1.807, 2.05) is 12.3 Å². The summed E-state index contributed by atoms with van der Waals surface area (Å²) in [4.78, 5) is 6.98. The minimum Gasteiger partial charge on any atom is -0.311 e. The van der Waals surface area contributed by atoms with Crippen molar-refractivity contribution in [2.24, 2.45) is 0 Å². The highest BCUT2D eigenvalue weighted by Crippen LogP contribution is 2.15. The average Bonchev–Trinajstić information content (AvgIpc) is 2.53. The molecule has 0 bridgehead atoms. The molecule has 1 fully saturated rings. The molecule has 0 unspecified atom stereocenters. The Balaban J connectivity index is 1.52. The van der Waals surface area contributed by atoms with Gasteiger partial charge in [0, 0.05) is 31.2 Å². The predicted molar refractivity (Wildman–Crippen MR) is 83.7 cm³/mol. The first-order valence-corrected chi connectivity index (χ1v) is 7.69. The third-order valence-electron chi connectivity index (χ3n) is 4.11. The van der Waals surface area contributed by atoms with Crippen LogP contribution in [0.25, 0.3) is 10.9 Å². The highest BCUT2D eigenvalue weighted by Gasteiger charge is 2.08. The Morgan fingerprint density at radius 1 is 1.05 bits per heavy atom. The van der Waals surface area contributed by atoms with E-state index in [-0.39, 0.29) is 0 Å². The molecule has 2 aromatic rings. The molecule has 1 saturated heterocycles. The van der Waals surface area contributed by atoms with Crippen LogP contribution in [0, 0.1) is 0 Å². The molecule has 0 aliphatic carbocycles. The van der Waals surface area contributed by atoms with Crippen LogP contribution in [-0.4, -0.2) is 36.1 Å². The number of rotatable bonds is 5. The van der Waals surface area contributed by atoms with Gasteiger partial charge >= 0.3 is 0 Å². The number of likely N-dealkylation sites (tertiary alicyclic amines) is 1. The van der Waals surface area contributed by atoms with E-state index in [0.29, 0.717) is 0 Å². The minimum atomic E-state index is 0.927. The van der Waals surface area contributed by atoms with Gasteiger partial charge in [-0.3, -0.25) is 4.98 Å². The molecule has 0 spiro atoms. The Labute approximate surface area is 121 Å². The number of para-hydroxylation sites is 1. The standard InChI is InChI=1S/C17H23N3/c1-4-11-20(12-5-1)13-10-18-14-15-8-9-19-17-7-3-2-6-16(15)17/h2-3,6-9,18H,1,4-5,10-14H2. The normalized spacial score (nSPS) is 16.6. The maximum atomic E-state index is 4.41. The molecule has 20 heavy (non-hydrogen) atoms. The summed E-state index contributed by atoms with van der Waals surface area (Å²) in [5, 5.41) is 4.84. The molecule has 0 atom stereocenters. The largest absolute Gasteiger partial charge is 0.311 e. The van der Waals surface area contributed by atoms with Crippen LogP contribution in [0.1, 0.15) is 24.8 Å². The van der Waals surface area contributed by atoms with Gasteiger partial charge in [0.15, 0.2) is 0 Å². The van der Waals surface area contributed by atoms with Crippen LogP contribution in [0.4, 0.5) is 0 Å². The van der Waals surface area contributed by atoms with Crippen LogP contribution in [-0.2, 0) is 6.54 Å². The van der Waals surface area contributed by atoms with Crippen molar-refractivity contribution in [3.05, 3.63) is 42.1 Å². The van der Waals surface area contributed by atoms with E-state index in [0.717, 1.165) is 18.6 Å². The number of piperidine rings is 1. The third kappa shape index (κ3) is 3.35. The quantitative estimate of drug-likeness (QED) is 0.846. The Bertz CT molecular complexity index is 541. The Kier molecular flexibility index (Phi) is 4.61. The number of hydrogen-bond acceptors (Lipinski definition) is 3. The van der Waals surface area contributed by atoms with E-state index >= 15 is 0 Å². The zero-order valence-electron chi connectivity index (χ0n) is 12.0. The zero-order chi connectivity index (χ0) is 13.6. The molecule has 106 valence electrons. The smallest absolute Gasteiger partial charge is 0.0705 e. The monoisotopic (exact) mass is 269 g/mol. The average molecular weight is 269 g/mol. The molecule has 1 N–H and O–H groups in total. The molecule has 1 aliphatic rings. The summed E-state index contributed by atoms with van der Waals surface area (Å²) in [5.41, 5.74) is 2.43. The lowest BCUT2D eigenvalue weighted by molar-refractivity contribution is 0.229. The van der Waals surface area contributed by atoms with Crippen molar-refractivity contribution >= 4 is 10.9 Å². The number of pyridine rings is 1. The number of nitrogens with one attached hydrogen (secondary N) is 1. The second-order valence-corrected chi connectivity index (χ2v) is 5.57. The molecule has 1 aromatic heterocycles. The topological polar surface area (TPSA) is 28.2 Å². The first kappa shape index (κ1) is 13.5. The molecule has 3 nitrogen and oxygen atoms in total. The van der Waals surface area contributed by atoms with Gasteiger partial charge in [-0.15, -0.1) is 0 Å². The Morgan fingerprint density at radius 3 is 2.80 bits per heavy atom. The maximum Gasteiger partial charge on any atom is 0.0705 e. The number of hydrogen-bond donors (Lipinski definition) is 1. The molecule has 0 amide bonds. The van der Waals surface area contributed by atoms with Gasteiger partial charge in [-0.2, -0.15) is 0 Å². The van der Waals surface area contributed by atoms with Gasteiger partial charge in [-0.1, -0.05) is 24.6 Å². The number of aromatic nitrogens is 1. The molecule has 3 heteroatoms. The van der Waals surface area contributed by atoms with E-state index in [9.17, 15) is 0 Å². The van der Waals surface area contributed by atoms with Gasteiger partial charge in [0.05, 0.1) is 5.52 Å². The lowest BCUT2D eigenvalue weighted by atomic mass is 10.1. The molecular weight excluding hydrogens is 246 g/mol. The van der Waals surface area contributed by atoms with Crippen LogP contribution in [0.5, 0.6) is 0 Å². The van der Waals surface area contributed by atoms with Crippen molar-refractivity contribution in [1.29, 1.82) is 0 Å². The van der Waals surface area contributed by atoms with E-state index < -0.39 is 0 Å². The van der Waals surface area contributed by atoms with E-state index in [2.05, 4.69) is 39.5 Å². The minimum absolute atomic E-state index is 0.927. The summed E-state index contributed by atoms with van der Waals surface area (Å²) in [6, 6.07) is 10.5. The van der Waals surface area contributed by atoms with E-state index in [1.54, 1.807) is 0 Å². The second kappa shape index (κ2) is 6.82. The van der Waals surface area contributed by atoms with Gasteiger partial charge in [0.2, 0.25) is 0 Å². The van der Waals surface area contributed by atoms with Crippen molar-refractivity contribution < 1.29 is 0 Å². The van der Waals surface area contributed by atoms with Crippen molar-refractivity contribution in [3.63, 3.8) is 0 Å². The summed E-state index contributed by atoms with van der Waals surface area (Å²) < 4.78 is 0. The number of benzene rings is 1. The van der Waals surface area contributed by atoms with Gasteiger partial charge in [0.25, 0.3) is 0 Å². The molecule has 3 rings (SSSR count). The molecule has 0 radical (unpaired) electrons. The van der Waals surface area contributed by atoms with Crippen LogP contribution in [0.3, 0.4) is 0 Å². The van der Waals surface area contributed by atoms with E-state index in [4.69, 9.17) is 0 Å². The highest BCUT2D eigenvalue weighted by atomic mass is 15.1. The van der Waals surface area contributed by atoms with Crippen molar-refractivity contribution in [2.75, 3.05) is 26.2 Å². The van der Waals surface area contributed by atoms with Gasteiger partial charge < -0.3 is 10.2 Å². The fourth-order valence-corrected chi connectivity index (χ4v) is 2.95. The summed E-state index contributed by atoms with van der Waals surface area (Å²) >= 11 is 0. The Hall–Kier alpha value is -1.45. The van der Waals surface area contributed by atoms with Crippen molar-refractivity contribution in [2.45, 2.75) is 25.8 Å². The Morgan fingerprint density at radius 2 is 1.90 bits per heavy atom. The van der Waals surface area contributed by atoms with Crippen LogP contribution in [0.15, 0.2) is 36.5 Å². The predicted octanol–water partition coefficient (Wildman–Crippen LogP) is 2.81. The summed E-state index contributed by atoms with van der Waals surface area (Å²) in [7, 11) is 0. The molecule has 2 heterocycles. The summed E-state index contributed by atoms with van der Waals surface area (Å²) in [6.45, 7) is 5.72. The second-order valence-electron chi connectivity index (χ2n) is 5.57. The number of nitrogens with zero attached hydrogens (tertiary/aromatic N) is 2.